The standard InChI is InChI=1S/C11H11F3N2O2/c1-15-16-6-9(7-17)8-2-4-10(5-3-8)18-11(12,13)14/h2-6,16-17H,1,7H2/b9-6+. The lowest BCUT2D eigenvalue weighted by Crippen LogP contribution is -2.17. The molecule has 0 fully saturated rings. The average molecular weight is 260 g/mol. The van der Waals surface area contributed by atoms with Crippen LogP contribution in [0.15, 0.2) is 35.6 Å². The second kappa shape index (κ2) is 6.06. The van der Waals surface area contributed by atoms with Gasteiger partial charge in [-0.25, -0.2) is 0 Å². The molecule has 0 aliphatic carbocycles. The van der Waals surface area contributed by atoms with Crippen LogP contribution in [0.2, 0.25) is 0 Å². The minimum absolute atomic E-state index is 0.290. The molecule has 4 nitrogen and oxygen atoms in total. The number of aliphatic hydroxyl groups excluding tert-OH is 1. The highest BCUT2D eigenvalue weighted by atomic mass is 19.4. The predicted molar refractivity (Wildman–Crippen MR) is 60.9 cm³/mol. The molecule has 0 aliphatic rings. The number of aliphatic hydroxyl groups is 1. The molecule has 0 unspecified atom stereocenters. The second-order valence-corrected chi connectivity index (χ2v) is 3.19. The molecule has 0 saturated carbocycles. The Kier molecular flexibility index (Phi) is 4.73. The zero-order chi connectivity index (χ0) is 13.6. The molecular weight excluding hydrogens is 249 g/mol. The third-order valence-electron chi connectivity index (χ3n) is 1.96. The molecule has 0 amide bonds. The quantitative estimate of drug-likeness (QED) is 0.630. The second-order valence-electron chi connectivity index (χ2n) is 3.19. The number of rotatable bonds is 5. The number of hydrogen-bond acceptors (Lipinski definition) is 4. The summed E-state index contributed by atoms with van der Waals surface area (Å²) in [5.41, 5.74) is 3.44. The van der Waals surface area contributed by atoms with E-state index in [9.17, 15) is 13.2 Å². The molecule has 7 heteroatoms. The van der Waals surface area contributed by atoms with Crippen molar-refractivity contribution in [2.24, 2.45) is 5.10 Å². The van der Waals surface area contributed by atoms with Crippen molar-refractivity contribution < 1.29 is 23.0 Å². The van der Waals surface area contributed by atoms with Gasteiger partial charge in [0.25, 0.3) is 0 Å². The first-order valence-corrected chi connectivity index (χ1v) is 4.83. The van der Waals surface area contributed by atoms with E-state index in [0.29, 0.717) is 11.1 Å². The molecular formula is C11H11F3N2O2. The smallest absolute Gasteiger partial charge is 0.406 e. The van der Waals surface area contributed by atoms with Gasteiger partial charge in [0.1, 0.15) is 5.75 Å². The summed E-state index contributed by atoms with van der Waals surface area (Å²) in [5.74, 6) is -0.321. The highest BCUT2D eigenvalue weighted by Gasteiger charge is 2.30. The monoisotopic (exact) mass is 260 g/mol. The fourth-order valence-electron chi connectivity index (χ4n) is 1.21. The van der Waals surface area contributed by atoms with E-state index in [1.54, 1.807) is 0 Å². The first-order valence-electron chi connectivity index (χ1n) is 4.83. The van der Waals surface area contributed by atoms with Crippen molar-refractivity contribution in [2.75, 3.05) is 6.61 Å². The molecule has 0 bridgehead atoms. The van der Waals surface area contributed by atoms with E-state index >= 15 is 0 Å². The van der Waals surface area contributed by atoms with Crippen LogP contribution in [0.5, 0.6) is 5.75 Å². The van der Waals surface area contributed by atoms with Crippen LogP contribution < -0.4 is 10.2 Å². The lowest BCUT2D eigenvalue weighted by Gasteiger charge is -2.10. The van der Waals surface area contributed by atoms with Crippen molar-refractivity contribution >= 4 is 12.3 Å². The largest absolute Gasteiger partial charge is 0.573 e. The summed E-state index contributed by atoms with van der Waals surface area (Å²) >= 11 is 0. The van der Waals surface area contributed by atoms with Crippen LogP contribution in [0.1, 0.15) is 5.56 Å². The number of hydrazone groups is 1. The van der Waals surface area contributed by atoms with E-state index in [1.165, 1.54) is 18.3 Å². The summed E-state index contributed by atoms with van der Waals surface area (Å²) in [6.45, 7) is 2.89. The zero-order valence-corrected chi connectivity index (χ0v) is 9.24. The summed E-state index contributed by atoms with van der Waals surface area (Å²) in [4.78, 5) is 0. The lowest BCUT2D eigenvalue weighted by molar-refractivity contribution is -0.274. The van der Waals surface area contributed by atoms with Crippen LogP contribution in [-0.2, 0) is 0 Å². The van der Waals surface area contributed by atoms with Crippen LogP contribution >= 0.6 is 0 Å². The zero-order valence-electron chi connectivity index (χ0n) is 9.24. The third-order valence-corrected chi connectivity index (χ3v) is 1.96. The Morgan fingerprint density at radius 3 is 2.44 bits per heavy atom. The van der Waals surface area contributed by atoms with E-state index in [2.05, 4.69) is 22.0 Å². The van der Waals surface area contributed by atoms with Gasteiger partial charge in [0.2, 0.25) is 0 Å². The van der Waals surface area contributed by atoms with E-state index in [0.717, 1.165) is 12.1 Å². The van der Waals surface area contributed by atoms with Gasteiger partial charge in [-0.15, -0.1) is 13.2 Å². The number of ether oxygens (including phenoxy) is 1. The molecule has 0 radical (unpaired) electrons. The maximum Gasteiger partial charge on any atom is 0.573 e. The maximum absolute atomic E-state index is 11.9. The Hall–Kier alpha value is -2.02. The molecule has 0 heterocycles. The number of benzene rings is 1. The number of alkyl halides is 3. The SMILES string of the molecule is C=NN/C=C(\CO)c1ccc(OC(F)(F)F)cc1. The normalized spacial score (nSPS) is 12.1. The molecule has 1 aromatic carbocycles. The first kappa shape index (κ1) is 14.0. The van der Waals surface area contributed by atoms with E-state index < -0.39 is 6.36 Å². The number of nitrogens with one attached hydrogen (secondary N) is 1. The summed E-state index contributed by atoms with van der Waals surface area (Å²) in [6.07, 6.45) is -3.32. The third kappa shape index (κ3) is 4.46. The van der Waals surface area contributed by atoms with Gasteiger partial charge in [0.05, 0.1) is 6.61 Å². The number of hydrogen-bond donors (Lipinski definition) is 2. The lowest BCUT2D eigenvalue weighted by atomic mass is 10.1. The van der Waals surface area contributed by atoms with E-state index in [1.807, 2.05) is 0 Å². The number of halogens is 3. The van der Waals surface area contributed by atoms with Gasteiger partial charge in [-0.05, 0) is 17.7 Å². The Bertz CT molecular complexity index is 427. The van der Waals surface area contributed by atoms with Crippen molar-refractivity contribution in [1.82, 2.24) is 5.43 Å². The first-order chi connectivity index (χ1) is 8.46. The van der Waals surface area contributed by atoms with Crippen molar-refractivity contribution in [3.63, 3.8) is 0 Å². The Labute approximate surface area is 101 Å². The minimum atomic E-state index is -4.72. The molecule has 98 valence electrons. The highest BCUT2D eigenvalue weighted by Crippen LogP contribution is 2.24. The van der Waals surface area contributed by atoms with Crippen LogP contribution in [-0.4, -0.2) is 24.8 Å². The van der Waals surface area contributed by atoms with Gasteiger partial charge >= 0.3 is 6.36 Å². The summed E-state index contributed by atoms with van der Waals surface area (Å²) in [6, 6.07) is 5.11. The van der Waals surface area contributed by atoms with Crippen LogP contribution in [0, 0.1) is 0 Å². The van der Waals surface area contributed by atoms with Crippen molar-refractivity contribution in [2.45, 2.75) is 6.36 Å². The fourth-order valence-corrected chi connectivity index (χ4v) is 1.21. The van der Waals surface area contributed by atoms with Crippen molar-refractivity contribution in [3.05, 3.63) is 36.0 Å². The summed E-state index contributed by atoms with van der Waals surface area (Å²) in [7, 11) is 0. The summed E-state index contributed by atoms with van der Waals surface area (Å²) in [5, 5.41) is 12.4. The molecule has 2 N–H and O–H groups in total. The van der Waals surface area contributed by atoms with Gasteiger partial charge in [0.15, 0.2) is 0 Å². The Morgan fingerprint density at radius 1 is 1.39 bits per heavy atom. The Balaban J connectivity index is 2.84. The topological polar surface area (TPSA) is 53.9 Å². The molecule has 1 rings (SSSR count). The van der Waals surface area contributed by atoms with Crippen molar-refractivity contribution in [1.29, 1.82) is 0 Å². The fraction of sp³-hybridized carbons (Fsp3) is 0.182. The van der Waals surface area contributed by atoms with Gasteiger partial charge in [0, 0.05) is 18.5 Å². The molecule has 0 atom stereocenters. The Morgan fingerprint density at radius 2 is 2.00 bits per heavy atom. The van der Waals surface area contributed by atoms with Gasteiger partial charge in [-0.2, -0.15) is 5.10 Å². The minimum Gasteiger partial charge on any atom is -0.406 e. The van der Waals surface area contributed by atoms with Crippen LogP contribution in [0.4, 0.5) is 13.2 Å². The van der Waals surface area contributed by atoms with Crippen LogP contribution in [0.25, 0.3) is 5.57 Å². The van der Waals surface area contributed by atoms with Crippen molar-refractivity contribution in [3.8, 4) is 5.75 Å². The van der Waals surface area contributed by atoms with Gasteiger partial charge < -0.3 is 9.84 Å². The molecule has 0 aliphatic heterocycles. The molecule has 0 spiro atoms. The molecule has 18 heavy (non-hydrogen) atoms. The highest BCUT2D eigenvalue weighted by molar-refractivity contribution is 5.66. The molecule has 0 saturated heterocycles. The molecule has 0 aromatic heterocycles. The summed E-state index contributed by atoms with van der Waals surface area (Å²) < 4.78 is 39.5. The average Bonchev–Trinajstić information content (AvgIpc) is 2.30. The van der Waals surface area contributed by atoms with Crippen LogP contribution in [0.3, 0.4) is 0 Å². The molecule has 1 aromatic rings. The van der Waals surface area contributed by atoms with E-state index in [4.69, 9.17) is 5.11 Å². The van der Waals surface area contributed by atoms with Gasteiger partial charge in [-0.1, -0.05) is 12.1 Å². The van der Waals surface area contributed by atoms with E-state index in [-0.39, 0.29) is 12.4 Å². The predicted octanol–water partition coefficient (Wildman–Crippen LogP) is 2.12. The maximum atomic E-state index is 11.9. The van der Waals surface area contributed by atoms with Gasteiger partial charge in [-0.3, -0.25) is 5.43 Å². The number of nitrogens with zero attached hydrogens (tertiary/aromatic N) is 1.